The molecule has 108 valence electrons. The molecule has 3 aromatic heterocycles. The highest BCUT2D eigenvalue weighted by Gasteiger charge is 2.14. The predicted molar refractivity (Wildman–Crippen MR) is 76.3 cm³/mol. The number of imidazole rings is 1. The number of rotatable bonds is 4. The first-order valence-corrected chi connectivity index (χ1v) is 7.04. The van der Waals surface area contributed by atoms with Gasteiger partial charge < -0.3 is 9.40 Å². The van der Waals surface area contributed by atoms with E-state index in [0.717, 1.165) is 16.1 Å². The minimum atomic E-state index is -0.452. The molecule has 0 fully saturated rings. The Balaban J connectivity index is 1.80. The number of H-pyrrole nitrogens is 1. The molecule has 3 rings (SSSR count). The number of fused-ring (bicyclic) bond motifs is 1. The summed E-state index contributed by atoms with van der Waals surface area (Å²) in [6.45, 7) is 1.80. The van der Waals surface area contributed by atoms with Crippen molar-refractivity contribution in [3.8, 4) is 0 Å². The Morgan fingerprint density at radius 2 is 2.33 bits per heavy atom. The Kier molecular flexibility index (Phi) is 3.59. The molecular formula is C12H12N6O2S. The molecule has 0 saturated heterocycles. The van der Waals surface area contributed by atoms with Gasteiger partial charge in [0.15, 0.2) is 11.4 Å². The molecule has 0 radical (unpaired) electrons. The lowest BCUT2D eigenvalue weighted by atomic mass is 10.3. The van der Waals surface area contributed by atoms with E-state index in [1.54, 1.807) is 19.3 Å². The van der Waals surface area contributed by atoms with Gasteiger partial charge >= 0.3 is 5.91 Å². The van der Waals surface area contributed by atoms with Crippen molar-refractivity contribution >= 4 is 28.8 Å². The van der Waals surface area contributed by atoms with Gasteiger partial charge in [-0.05, 0) is 13.0 Å². The standard InChI is InChI=1S/C12H12N6O2S/c1-6-7(2-8(20-6)11(19)18-13)3-21-12-9-10(15-4-14-9)16-5-17-12/h2,4-5H,3,13H2,1H3,(H,18,19)(H,14,15,16,17). The molecule has 0 bridgehead atoms. The van der Waals surface area contributed by atoms with Gasteiger partial charge in [0.2, 0.25) is 0 Å². The van der Waals surface area contributed by atoms with Crippen LogP contribution in [0.3, 0.4) is 0 Å². The van der Waals surface area contributed by atoms with Gasteiger partial charge in [-0.2, -0.15) is 0 Å². The summed E-state index contributed by atoms with van der Waals surface area (Å²) in [6.07, 6.45) is 3.05. The van der Waals surface area contributed by atoms with Crippen LogP contribution >= 0.6 is 11.8 Å². The molecule has 1 amide bonds. The summed E-state index contributed by atoms with van der Waals surface area (Å²) >= 11 is 1.51. The largest absolute Gasteiger partial charge is 0.456 e. The summed E-state index contributed by atoms with van der Waals surface area (Å²) in [6, 6.07) is 1.68. The Morgan fingerprint density at radius 3 is 3.14 bits per heavy atom. The first-order valence-electron chi connectivity index (χ1n) is 6.06. The first kappa shape index (κ1) is 13.6. The third kappa shape index (κ3) is 2.60. The number of amides is 1. The van der Waals surface area contributed by atoms with Gasteiger partial charge in [-0.25, -0.2) is 20.8 Å². The maximum atomic E-state index is 11.4. The molecule has 8 nitrogen and oxygen atoms in total. The summed E-state index contributed by atoms with van der Waals surface area (Å²) in [5, 5.41) is 0.794. The van der Waals surface area contributed by atoms with Crippen LogP contribution in [0.2, 0.25) is 0 Å². The van der Waals surface area contributed by atoms with Crippen LogP contribution in [-0.4, -0.2) is 25.8 Å². The number of aromatic nitrogens is 4. The van der Waals surface area contributed by atoms with Gasteiger partial charge in [-0.3, -0.25) is 10.2 Å². The average Bonchev–Trinajstić information content (AvgIpc) is 3.11. The highest BCUT2D eigenvalue weighted by Crippen LogP contribution is 2.27. The highest BCUT2D eigenvalue weighted by molar-refractivity contribution is 7.98. The van der Waals surface area contributed by atoms with Gasteiger partial charge in [0, 0.05) is 11.3 Å². The van der Waals surface area contributed by atoms with Crippen LogP contribution in [0.1, 0.15) is 21.9 Å². The minimum Gasteiger partial charge on any atom is -0.456 e. The van der Waals surface area contributed by atoms with Gasteiger partial charge in [0.25, 0.3) is 0 Å². The molecule has 3 heterocycles. The van der Waals surface area contributed by atoms with Crippen LogP contribution in [0, 0.1) is 6.92 Å². The predicted octanol–water partition coefficient (Wildman–Crippen LogP) is 1.15. The maximum Gasteiger partial charge on any atom is 0.300 e. The fourth-order valence-corrected chi connectivity index (χ4v) is 2.84. The second kappa shape index (κ2) is 5.54. The Hall–Kier alpha value is -2.39. The third-order valence-electron chi connectivity index (χ3n) is 2.93. The zero-order chi connectivity index (χ0) is 14.8. The number of nitrogen functional groups attached to an aromatic ring is 1. The number of carbonyl (C=O) groups excluding carboxylic acids is 1. The van der Waals surface area contributed by atoms with Crippen LogP contribution in [0.5, 0.6) is 0 Å². The van der Waals surface area contributed by atoms with Crippen molar-refractivity contribution in [2.75, 3.05) is 0 Å². The number of nitrogens with two attached hydrogens (primary N) is 1. The molecule has 4 N–H and O–H groups in total. The van der Waals surface area contributed by atoms with Crippen molar-refractivity contribution in [1.29, 1.82) is 0 Å². The summed E-state index contributed by atoms with van der Waals surface area (Å²) < 4.78 is 5.37. The smallest absolute Gasteiger partial charge is 0.300 e. The number of aromatic amines is 1. The molecule has 9 heteroatoms. The van der Waals surface area contributed by atoms with E-state index in [0.29, 0.717) is 17.2 Å². The van der Waals surface area contributed by atoms with Gasteiger partial charge in [0.1, 0.15) is 22.6 Å². The zero-order valence-electron chi connectivity index (χ0n) is 11.1. The topological polar surface area (TPSA) is 123 Å². The fraction of sp³-hybridized carbons (Fsp3) is 0.167. The van der Waals surface area contributed by atoms with Crippen molar-refractivity contribution in [2.45, 2.75) is 17.7 Å². The molecular weight excluding hydrogens is 292 g/mol. The average molecular weight is 304 g/mol. The van der Waals surface area contributed by atoms with Crippen molar-refractivity contribution in [3.63, 3.8) is 0 Å². The lowest BCUT2D eigenvalue weighted by Gasteiger charge is -2.00. The Morgan fingerprint density at radius 1 is 1.48 bits per heavy atom. The fourth-order valence-electron chi connectivity index (χ4n) is 1.84. The first-order chi connectivity index (χ1) is 10.2. The van der Waals surface area contributed by atoms with E-state index < -0.39 is 5.91 Å². The normalized spacial score (nSPS) is 11.0. The van der Waals surface area contributed by atoms with E-state index >= 15 is 0 Å². The van der Waals surface area contributed by atoms with Crippen molar-refractivity contribution < 1.29 is 9.21 Å². The lowest BCUT2D eigenvalue weighted by Crippen LogP contribution is -2.29. The van der Waals surface area contributed by atoms with Crippen LogP contribution in [0.4, 0.5) is 0 Å². The van der Waals surface area contributed by atoms with E-state index in [1.807, 2.05) is 5.43 Å². The maximum absolute atomic E-state index is 11.4. The van der Waals surface area contributed by atoms with Gasteiger partial charge in [0.05, 0.1) is 6.33 Å². The Bertz CT molecular complexity index is 796. The number of nitrogens with one attached hydrogen (secondary N) is 2. The van der Waals surface area contributed by atoms with Crippen LogP contribution in [-0.2, 0) is 5.75 Å². The zero-order valence-corrected chi connectivity index (χ0v) is 11.9. The molecule has 0 unspecified atom stereocenters. The lowest BCUT2D eigenvalue weighted by molar-refractivity contribution is 0.0924. The molecule has 0 aliphatic rings. The monoisotopic (exact) mass is 304 g/mol. The quantitative estimate of drug-likeness (QED) is 0.217. The van der Waals surface area contributed by atoms with E-state index in [2.05, 4.69) is 19.9 Å². The summed E-state index contributed by atoms with van der Waals surface area (Å²) in [7, 11) is 0. The minimum absolute atomic E-state index is 0.194. The number of hydrogen-bond donors (Lipinski definition) is 3. The number of hydrazine groups is 1. The molecule has 0 spiro atoms. The number of furan rings is 1. The molecule has 0 aromatic carbocycles. The number of thioether (sulfide) groups is 1. The van der Waals surface area contributed by atoms with E-state index in [-0.39, 0.29) is 5.76 Å². The van der Waals surface area contributed by atoms with Crippen LogP contribution in [0.15, 0.2) is 28.2 Å². The molecule has 0 atom stereocenters. The van der Waals surface area contributed by atoms with Crippen LogP contribution in [0.25, 0.3) is 11.2 Å². The SMILES string of the molecule is Cc1oc(C(=O)NN)cc1CSc1ncnc2nc[nH]c12. The van der Waals surface area contributed by atoms with Gasteiger partial charge in [-0.15, -0.1) is 0 Å². The number of hydrogen-bond acceptors (Lipinski definition) is 7. The highest BCUT2D eigenvalue weighted by atomic mass is 32.2. The second-order valence-electron chi connectivity index (χ2n) is 4.23. The van der Waals surface area contributed by atoms with Crippen molar-refractivity contribution in [3.05, 3.63) is 35.8 Å². The second-order valence-corrected chi connectivity index (χ2v) is 5.20. The number of carbonyl (C=O) groups is 1. The number of aryl methyl sites for hydroxylation is 1. The molecule has 3 aromatic rings. The molecule has 0 aliphatic heterocycles. The number of nitrogens with zero attached hydrogens (tertiary/aromatic N) is 3. The molecule has 0 saturated carbocycles. The summed E-state index contributed by atoms with van der Waals surface area (Å²) in [5.41, 5.74) is 4.37. The van der Waals surface area contributed by atoms with E-state index in [4.69, 9.17) is 10.3 Å². The Labute approximate surface area is 123 Å². The van der Waals surface area contributed by atoms with E-state index in [9.17, 15) is 4.79 Å². The van der Waals surface area contributed by atoms with Crippen LogP contribution < -0.4 is 11.3 Å². The summed E-state index contributed by atoms with van der Waals surface area (Å²) in [5.74, 6) is 6.12. The van der Waals surface area contributed by atoms with E-state index in [1.165, 1.54) is 18.1 Å². The molecule has 0 aliphatic carbocycles. The van der Waals surface area contributed by atoms with Crippen molar-refractivity contribution in [2.24, 2.45) is 5.84 Å². The molecule has 21 heavy (non-hydrogen) atoms. The van der Waals surface area contributed by atoms with Crippen molar-refractivity contribution in [1.82, 2.24) is 25.4 Å². The summed E-state index contributed by atoms with van der Waals surface area (Å²) in [4.78, 5) is 26.8. The van der Waals surface area contributed by atoms with Gasteiger partial charge in [-0.1, -0.05) is 11.8 Å². The third-order valence-corrected chi connectivity index (χ3v) is 3.97.